The number of nitro benzene ring substituents is 1. The predicted molar refractivity (Wildman–Crippen MR) is 103 cm³/mol. The largest absolute Gasteiger partial charge is 0.495 e. The minimum absolute atomic E-state index is 0.131. The highest BCUT2D eigenvalue weighted by Gasteiger charge is 2.20. The Morgan fingerprint density at radius 1 is 1.26 bits per heavy atom. The minimum Gasteiger partial charge on any atom is -0.495 e. The van der Waals surface area contributed by atoms with Gasteiger partial charge in [-0.2, -0.15) is 0 Å². The van der Waals surface area contributed by atoms with Gasteiger partial charge >= 0.3 is 0 Å². The van der Waals surface area contributed by atoms with Crippen LogP contribution in [0, 0.1) is 10.1 Å². The van der Waals surface area contributed by atoms with Crippen molar-refractivity contribution >= 4 is 39.9 Å². The summed E-state index contributed by atoms with van der Waals surface area (Å²) in [6.07, 6.45) is 1.46. The first kappa shape index (κ1) is 18.6. The minimum atomic E-state index is -0.527. The third kappa shape index (κ3) is 4.14. The van der Waals surface area contributed by atoms with Gasteiger partial charge in [-0.3, -0.25) is 14.9 Å². The van der Waals surface area contributed by atoms with E-state index in [1.807, 2.05) is 24.3 Å². The fraction of sp³-hybridized carbons (Fsp3) is 0.167. The average molecular weight is 384 g/mol. The number of hydrogen-bond acceptors (Lipinski definition) is 7. The number of carbonyl (C=O) groups excluding carboxylic acids is 1. The second-order valence-corrected chi connectivity index (χ2v) is 6.92. The molecule has 0 aliphatic rings. The van der Waals surface area contributed by atoms with E-state index in [9.17, 15) is 14.9 Å². The number of nitrogens with one attached hydrogen (secondary N) is 1. The van der Waals surface area contributed by atoms with Gasteiger partial charge in [0.1, 0.15) is 17.1 Å². The summed E-state index contributed by atoms with van der Waals surface area (Å²) in [4.78, 5) is 31.5. The van der Waals surface area contributed by atoms with E-state index in [1.165, 1.54) is 43.4 Å². The Morgan fingerprint density at radius 3 is 2.78 bits per heavy atom. The normalized spacial score (nSPS) is 11.8. The number of amides is 1. The summed E-state index contributed by atoms with van der Waals surface area (Å²) in [5.41, 5.74) is 0.910. The van der Waals surface area contributed by atoms with Crippen LogP contribution < -0.4 is 10.1 Å². The van der Waals surface area contributed by atoms with Crippen molar-refractivity contribution in [3.05, 3.63) is 58.9 Å². The van der Waals surface area contributed by atoms with Crippen molar-refractivity contribution in [2.24, 2.45) is 0 Å². The van der Waals surface area contributed by atoms with Gasteiger partial charge in [0.05, 0.1) is 28.5 Å². The number of nitro groups is 1. The second kappa shape index (κ2) is 8.00. The average Bonchev–Trinajstić information content (AvgIpc) is 2.68. The molecule has 27 heavy (non-hydrogen) atoms. The molecule has 9 heteroatoms. The number of ether oxygens (including phenoxy) is 1. The van der Waals surface area contributed by atoms with Crippen molar-refractivity contribution in [3.63, 3.8) is 0 Å². The van der Waals surface area contributed by atoms with Crippen molar-refractivity contribution in [1.29, 1.82) is 0 Å². The number of methoxy groups -OCH3 is 1. The number of rotatable bonds is 6. The summed E-state index contributed by atoms with van der Waals surface area (Å²) in [5.74, 6) is 0.0279. The standard InChI is InChI=1S/C18H16N4O4S/c1-11(27-18-13-5-3-4-6-14(13)19-10-20-18)17(23)21-15-9-12(22(24)25)7-8-16(15)26-2/h3-11H,1-2H3,(H,21,23)/t11-/m1/s1. The van der Waals surface area contributed by atoms with Crippen LogP contribution >= 0.6 is 11.8 Å². The molecule has 1 N–H and O–H groups in total. The van der Waals surface area contributed by atoms with E-state index in [0.29, 0.717) is 10.8 Å². The molecule has 0 unspecified atom stereocenters. The molecular weight excluding hydrogens is 368 g/mol. The molecule has 1 heterocycles. The van der Waals surface area contributed by atoms with Gasteiger partial charge < -0.3 is 10.1 Å². The van der Waals surface area contributed by atoms with Crippen LogP contribution in [0.2, 0.25) is 0 Å². The van der Waals surface area contributed by atoms with Gasteiger partial charge in [0.15, 0.2) is 0 Å². The number of non-ortho nitro benzene ring substituents is 1. The van der Waals surface area contributed by atoms with E-state index in [4.69, 9.17) is 4.74 Å². The quantitative estimate of drug-likeness (QED) is 0.299. The maximum absolute atomic E-state index is 12.6. The Balaban J connectivity index is 1.80. The van der Waals surface area contributed by atoms with Crippen molar-refractivity contribution in [3.8, 4) is 5.75 Å². The van der Waals surface area contributed by atoms with Gasteiger partial charge in [-0.25, -0.2) is 9.97 Å². The molecule has 8 nitrogen and oxygen atoms in total. The van der Waals surface area contributed by atoms with E-state index >= 15 is 0 Å². The molecule has 0 aliphatic heterocycles. The number of benzene rings is 2. The highest BCUT2D eigenvalue weighted by atomic mass is 32.2. The van der Waals surface area contributed by atoms with Gasteiger partial charge in [0.2, 0.25) is 5.91 Å². The Labute approximate surface area is 159 Å². The van der Waals surface area contributed by atoms with E-state index in [1.54, 1.807) is 6.92 Å². The molecule has 3 rings (SSSR count). The summed E-state index contributed by atoms with van der Waals surface area (Å²) < 4.78 is 5.17. The van der Waals surface area contributed by atoms with E-state index in [0.717, 1.165) is 10.9 Å². The number of nitrogens with zero attached hydrogens (tertiary/aromatic N) is 3. The van der Waals surface area contributed by atoms with Crippen LogP contribution in [-0.2, 0) is 4.79 Å². The lowest BCUT2D eigenvalue weighted by Gasteiger charge is -2.14. The smallest absolute Gasteiger partial charge is 0.271 e. The molecule has 1 atom stereocenters. The molecule has 0 spiro atoms. The third-order valence-corrected chi connectivity index (χ3v) is 4.93. The van der Waals surface area contributed by atoms with Crippen molar-refractivity contribution < 1.29 is 14.5 Å². The Morgan fingerprint density at radius 2 is 2.04 bits per heavy atom. The summed E-state index contributed by atoms with van der Waals surface area (Å²) in [7, 11) is 1.43. The fourth-order valence-electron chi connectivity index (χ4n) is 2.44. The topological polar surface area (TPSA) is 107 Å². The van der Waals surface area contributed by atoms with E-state index in [2.05, 4.69) is 15.3 Å². The molecule has 1 amide bonds. The lowest BCUT2D eigenvalue weighted by atomic mass is 10.2. The summed E-state index contributed by atoms with van der Waals surface area (Å²) in [6, 6.07) is 11.6. The monoisotopic (exact) mass is 384 g/mol. The zero-order valence-corrected chi connectivity index (χ0v) is 15.4. The summed E-state index contributed by atoms with van der Waals surface area (Å²) in [5, 5.41) is 14.7. The molecular formula is C18H16N4O4S. The maximum atomic E-state index is 12.6. The lowest BCUT2D eigenvalue weighted by Crippen LogP contribution is -2.23. The molecule has 0 bridgehead atoms. The summed E-state index contributed by atoms with van der Waals surface area (Å²) >= 11 is 1.29. The van der Waals surface area contributed by atoms with Gasteiger partial charge in [0.25, 0.3) is 5.69 Å². The molecule has 0 radical (unpaired) electrons. The van der Waals surface area contributed by atoms with E-state index < -0.39 is 10.2 Å². The van der Waals surface area contributed by atoms with Gasteiger partial charge in [-0.15, -0.1) is 0 Å². The summed E-state index contributed by atoms with van der Waals surface area (Å²) in [6.45, 7) is 1.74. The number of hydrogen-bond donors (Lipinski definition) is 1. The second-order valence-electron chi connectivity index (χ2n) is 5.59. The number of thioether (sulfide) groups is 1. The van der Waals surface area contributed by atoms with E-state index in [-0.39, 0.29) is 17.3 Å². The van der Waals surface area contributed by atoms with Crippen LogP contribution in [0.3, 0.4) is 0 Å². The van der Waals surface area contributed by atoms with Crippen LogP contribution in [0.1, 0.15) is 6.92 Å². The molecule has 2 aromatic carbocycles. The number of anilines is 1. The highest BCUT2D eigenvalue weighted by Crippen LogP contribution is 2.31. The Bertz CT molecular complexity index is 1010. The molecule has 0 aliphatic carbocycles. The molecule has 1 aromatic heterocycles. The Hall–Kier alpha value is -3.20. The first-order chi connectivity index (χ1) is 13.0. The molecule has 0 saturated carbocycles. The SMILES string of the molecule is COc1ccc([N+](=O)[O-])cc1NC(=O)[C@@H](C)Sc1ncnc2ccccc12. The van der Waals surface area contributed by atoms with Gasteiger partial charge in [-0.05, 0) is 19.1 Å². The first-order valence-electron chi connectivity index (χ1n) is 7.99. The molecule has 0 fully saturated rings. The number of para-hydroxylation sites is 1. The predicted octanol–water partition coefficient (Wildman–Crippen LogP) is 3.67. The van der Waals surface area contributed by atoms with Crippen LogP contribution in [0.25, 0.3) is 10.9 Å². The zero-order chi connectivity index (χ0) is 19.4. The first-order valence-corrected chi connectivity index (χ1v) is 8.87. The lowest BCUT2D eigenvalue weighted by molar-refractivity contribution is -0.384. The number of carbonyl (C=O) groups is 1. The molecule has 138 valence electrons. The van der Waals surface area contributed by atoms with Crippen LogP contribution in [-0.4, -0.2) is 33.2 Å². The van der Waals surface area contributed by atoms with Crippen LogP contribution in [0.4, 0.5) is 11.4 Å². The Kier molecular flexibility index (Phi) is 5.51. The van der Waals surface area contributed by atoms with Gasteiger partial charge in [0, 0.05) is 17.5 Å². The third-order valence-electron chi connectivity index (χ3n) is 3.82. The number of fused-ring (bicyclic) bond motifs is 1. The fourth-order valence-corrected chi connectivity index (χ4v) is 3.34. The van der Waals surface area contributed by atoms with Crippen molar-refractivity contribution in [2.45, 2.75) is 17.2 Å². The van der Waals surface area contributed by atoms with Gasteiger partial charge in [-0.1, -0.05) is 30.0 Å². The highest BCUT2D eigenvalue weighted by molar-refractivity contribution is 8.00. The zero-order valence-electron chi connectivity index (χ0n) is 14.6. The molecule has 3 aromatic rings. The van der Waals surface area contributed by atoms with Crippen molar-refractivity contribution in [2.75, 3.05) is 12.4 Å². The van der Waals surface area contributed by atoms with Crippen LogP contribution in [0.15, 0.2) is 53.8 Å². The molecule has 0 saturated heterocycles. The maximum Gasteiger partial charge on any atom is 0.271 e. The van der Waals surface area contributed by atoms with Crippen molar-refractivity contribution in [1.82, 2.24) is 9.97 Å². The number of aromatic nitrogens is 2. The van der Waals surface area contributed by atoms with Crippen LogP contribution in [0.5, 0.6) is 5.75 Å².